The van der Waals surface area contributed by atoms with Crippen LogP contribution in [0.15, 0.2) is 53.4 Å². The number of amides is 3. The molecule has 0 saturated carbocycles. The number of thioether (sulfide) groups is 1. The van der Waals surface area contributed by atoms with Gasteiger partial charge in [0.15, 0.2) is 0 Å². The zero-order valence-corrected chi connectivity index (χ0v) is 18.3. The van der Waals surface area contributed by atoms with E-state index in [1.54, 1.807) is 36.0 Å². The number of hydrogen-bond donors (Lipinski definition) is 3. The van der Waals surface area contributed by atoms with Crippen LogP contribution in [0.25, 0.3) is 0 Å². The smallest absolute Gasteiger partial charge is 0.238 e. The molecule has 7 nitrogen and oxygen atoms in total. The summed E-state index contributed by atoms with van der Waals surface area (Å²) < 4.78 is 0. The van der Waals surface area contributed by atoms with Crippen LogP contribution < -0.4 is 16.0 Å². The number of likely N-dealkylation sites (N-methyl/N-ethyl adjacent to an activating group) is 1. The summed E-state index contributed by atoms with van der Waals surface area (Å²) in [5.74, 6) is -0.382. The van der Waals surface area contributed by atoms with Gasteiger partial charge in [-0.25, -0.2) is 0 Å². The first-order valence-electron chi connectivity index (χ1n) is 9.74. The molecule has 8 heteroatoms. The van der Waals surface area contributed by atoms with Crippen LogP contribution in [0.5, 0.6) is 0 Å². The molecule has 2 aromatic carbocycles. The number of carbonyl (C=O) groups is 3. The maximum Gasteiger partial charge on any atom is 0.238 e. The average Bonchev–Trinajstić information content (AvgIpc) is 2.72. The standard InChI is InChI=1S/C22H28N4O3S/c1-4-26(14-13-21(28)25-19-7-5-6-8-20(19)30-3)15-22(29)24-18-11-9-17(10-12-18)23-16(2)27/h5-12H,4,13-15H2,1-3H3,(H,23,27)(H,24,29)(H,25,28). The lowest BCUT2D eigenvalue weighted by atomic mass is 10.2. The molecule has 0 fully saturated rings. The van der Waals surface area contributed by atoms with E-state index in [0.717, 1.165) is 10.6 Å². The number of rotatable bonds is 10. The molecule has 30 heavy (non-hydrogen) atoms. The number of benzene rings is 2. The molecule has 0 aliphatic heterocycles. The fraction of sp³-hybridized carbons (Fsp3) is 0.318. The quantitative estimate of drug-likeness (QED) is 0.503. The van der Waals surface area contributed by atoms with Gasteiger partial charge in [-0.05, 0) is 49.2 Å². The Morgan fingerprint density at radius 2 is 1.53 bits per heavy atom. The summed E-state index contributed by atoms with van der Waals surface area (Å²) in [6.45, 7) is 4.73. The van der Waals surface area contributed by atoms with Gasteiger partial charge in [0.2, 0.25) is 17.7 Å². The Hall–Kier alpha value is -2.84. The monoisotopic (exact) mass is 428 g/mol. The Labute approximate surface area is 181 Å². The van der Waals surface area contributed by atoms with Gasteiger partial charge < -0.3 is 16.0 Å². The largest absolute Gasteiger partial charge is 0.326 e. The Morgan fingerprint density at radius 1 is 0.900 bits per heavy atom. The maximum atomic E-state index is 12.3. The van der Waals surface area contributed by atoms with E-state index in [4.69, 9.17) is 0 Å². The molecule has 0 bridgehead atoms. The van der Waals surface area contributed by atoms with Crippen LogP contribution in [0.2, 0.25) is 0 Å². The molecule has 0 radical (unpaired) electrons. The van der Waals surface area contributed by atoms with Gasteiger partial charge in [0.1, 0.15) is 0 Å². The van der Waals surface area contributed by atoms with Crippen molar-refractivity contribution in [3.8, 4) is 0 Å². The number of anilines is 3. The third-order valence-electron chi connectivity index (χ3n) is 4.34. The molecule has 3 amide bonds. The van der Waals surface area contributed by atoms with E-state index in [1.165, 1.54) is 6.92 Å². The summed E-state index contributed by atoms with van der Waals surface area (Å²) in [5.41, 5.74) is 2.12. The summed E-state index contributed by atoms with van der Waals surface area (Å²) in [4.78, 5) is 38.6. The highest BCUT2D eigenvalue weighted by atomic mass is 32.2. The minimum Gasteiger partial charge on any atom is -0.326 e. The van der Waals surface area contributed by atoms with E-state index in [9.17, 15) is 14.4 Å². The van der Waals surface area contributed by atoms with Crippen LogP contribution in [0.1, 0.15) is 20.3 Å². The number of nitrogens with zero attached hydrogens (tertiary/aromatic N) is 1. The van der Waals surface area contributed by atoms with Crippen LogP contribution in [-0.2, 0) is 14.4 Å². The van der Waals surface area contributed by atoms with Crippen molar-refractivity contribution in [1.82, 2.24) is 4.90 Å². The second-order valence-corrected chi connectivity index (χ2v) is 7.52. The number of nitrogens with one attached hydrogen (secondary N) is 3. The molecule has 2 aromatic rings. The molecule has 0 saturated heterocycles. The first-order chi connectivity index (χ1) is 14.4. The van der Waals surface area contributed by atoms with Crippen molar-refractivity contribution < 1.29 is 14.4 Å². The number of hydrogen-bond acceptors (Lipinski definition) is 5. The van der Waals surface area contributed by atoms with Crippen LogP contribution in [-0.4, -0.2) is 48.5 Å². The van der Waals surface area contributed by atoms with E-state index >= 15 is 0 Å². The van der Waals surface area contributed by atoms with Gasteiger partial charge >= 0.3 is 0 Å². The molecule has 0 aromatic heterocycles. The summed E-state index contributed by atoms with van der Waals surface area (Å²) in [5, 5.41) is 8.45. The van der Waals surface area contributed by atoms with Crippen molar-refractivity contribution in [1.29, 1.82) is 0 Å². The third-order valence-corrected chi connectivity index (χ3v) is 5.14. The summed E-state index contributed by atoms with van der Waals surface area (Å²) in [6, 6.07) is 14.6. The highest BCUT2D eigenvalue weighted by Crippen LogP contribution is 2.24. The fourth-order valence-corrected chi connectivity index (χ4v) is 3.37. The third kappa shape index (κ3) is 7.88. The second-order valence-electron chi connectivity index (χ2n) is 6.67. The number of carbonyl (C=O) groups excluding carboxylic acids is 3. The molecule has 0 aliphatic carbocycles. The summed E-state index contributed by atoms with van der Waals surface area (Å²) >= 11 is 1.58. The van der Waals surface area contributed by atoms with Crippen molar-refractivity contribution in [2.45, 2.75) is 25.2 Å². The normalized spacial score (nSPS) is 10.5. The SMILES string of the molecule is CCN(CCC(=O)Nc1ccccc1SC)CC(=O)Nc1ccc(NC(C)=O)cc1. The Kier molecular flexibility index (Phi) is 9.37. The van der Waals surface area contributed by atoms with Gasteiger partial charge in [0.05, 0.1) is 12.2 Å². The molecule has 0 heterocycles. The van der Waals surface area contributed by atoms with E-state index in [2.05, 4.69) is 16.0 Å². The zero-order valence-electron chi connectivity index (χ0n) is 17.5. The Bertz CT molecular complexity index is 871. The Balaban J connectivity index is 1.81. The predicted molar refractivity (Wildman–Crippen MR) is 123 cm³/mol. The topological polar surface area (TPSA) is 90.5 Å². The molecule has 2 rings (SSSR count). The van der Waals surface area contributed by atoms with Gasteiger partial charge in [-0.1, -0.05) is 19.1 Å². The second kappa shape index (κ2) is 12.0. The highest BCUT2D eigenvalue weighted by molar-refractivity contribution is 7.98. The van der Waals surface area contributed by atoms with Crippen LogP contribution in [0.3, 0.4) is 0 Å². The van der Waals surface area contributed by atoms with E-state index < -0.39 is 0 Å². The maximum absolute atomic E-state index is 12.3. The lowest BCUT2D eigenvalue weighted by molar-refractivity contribution is -0.119. The molecular formula is C22H28N4O3S. The van der Waals surface area contributed by atoms with Gasteiger partial charge in [-0.2, -0.15) is 0 Å². The number of para-hydroxylation sites is 1. The van der Waals surface area contributed by atoms with E-state index in [-0.39, 0.29) is 24.3 Å². The van der Waals surface area contributed by atoms with Crippen molar-refractivity contribution in [3.63, 3.8) is 0 Å². The minimum absolute atomic E-state index is 0.0797. The molecule has 3 N–H and O–H groups in total. The van der Waals surface area contributed by atoms with Crippen LogP contribution in [0, 0.1) is 0 Å². The minimum atomic E-state index is -0.155. The first-order valence-corrected chi connectivity index (χ1v) is 11.0. The highest BCUT2D eigenvalue weighted by Gasteiger charge is 2.12. The van der Waals surface area contributed by atoms with Gasteiger partial charge in [-0.15, -0.1) is 11.8 Å². The van der Waals surface area contributed by atoms with Gasteiger partial charge in [0, 0.05) is 36.2 Å². The fourth-order valence-electron chi connectivity index (χ4n) is 2.81. The molecule has 0 unspecified atom stereocenters. The van der Waals surface area contributed by atoms with Crippen molar-refractivity contribution in [2.75, 3.05) is 41.8 Å². The molecular weight excluding hydrogens is 400 g/mol. The van der Waals surface area contributed by atoms with Gasteiger partial charge in [0.25, 0.3) is 0 Å². The van der Waals surface area contributed by atoms with E-state index in [0.29, 0.717) is 30.9 Å². The summed E-state index contributed by atoms with van der Waals surface area (Å²) in [7, 11) is 0. The van der Waals surface area contributed by atoms with Crippen molar-refractivity contribution >= 4 is 46.5 Å². The lowest BCUT2D eigenvalue weighted by Gasteiger charge is -2.20. The van der Waals surface area contributed by atoms with Gasteiger partial charge in [-0.3, -0.25) is 19.3 Å². The molecule has 0 atom stereocenters. The zero-order chi connectivity index (χ0) is 21.9. The van der Waals surface area contributed by atoms with Crippen LogP contribution in [0.4, 0.5) is 17.1 Å². The molecule has 0 aliphatic rings. The average molecular weight is 429 g/mol. The van der Waals surface area contributed by atoms with Crippen molar-refractivity contribution in [2.24, 2.45) is 0 Å². The first kappa shape index (κ1) is 23.4. The van der Waals surface area contributed by atoms with E-state index in [1.807, 2.05) is 42.3 Å². The molecule has 0 spiro atoms. The summed E-state index contributed by atoms with van der Waals surface area (Å²) in [6.07, 6.45) is 2.27. The lowest BCUT2D eigenvalue weighted by Crippen LogP contribution is -2.35. The van der Waals surface area contributed by atoms with Crippen molar-refractivity contribution in [3.05, 3.63) is 48.5 Å². The Morgan fingerprint density at radius 3 is 2.13 bits per heavy atom. The predicted octanol–water partition coefficient (Wildman–Crippen LogP) is 3.66. The molecule has 160 valence electrons. The van der Waals surface area contributed by atoms with Crippen LogP contribution >= 0.6 is 11.8 Å².